The monoisotopic (exact) mass is 385 g/mol. The van der Waals surface area contributed by atoms with Gasteiger partial charge in [-0.25, -0.2) is 12.8 Å². The highest BCUT2D eigenvalue weighted by Gasteiger charge is 2.32. The molecule has 1 aliphatic rings. The summed E-state index contributed by atoms with van der Waals surface area (Å²) >= 11 is 3.27. The maximum atomic E-state index is 13.4. The minimum atomic E-state index is -3.75. The van der Waals surface area contributed by atoms with Crippen LogP contribution in [0.25, 0.3) is 0 Å². The summed E-state index contributed by atoms with van der Waals surface area (Å²) in [4.78, 5) is 0.155. The van der Waals surface area contributed by atoms with Crippen LogP contribution in [0.3, 0.4) is 0 Å². The van der Waals surface area contributed by atoms with Gasteiger partial charge in [-0.3, -0.25) is 4.31 Å². The molecular weight excluding hydrogens is 373 g/mol. The lowest BCUT2D eigenvalue weighted by molar-refractivity contribution is 0.166. The minimum absolute atomic E-state index is 0.151. The lowest BCUT2D eigenvalue weighted by Gasteiger charge is -2.33. The van der Waals surface area contributed by atoms with Gasteiger partial charge in [0, 0.05) is 16.6 Å². The number of sulfonamides is 1. The Morgan fingerprint density at radius 1 is 1.18 bits per heavy atom. The van der Waals surface area contributed by atoms with Crippen LogP contribution in [0.15, 0.2) is 51.8 Å². The van der Waals surface area contributed by atoms with Crippen LogP contribution in [0.5, 0.6) is 0 Å². The molecule has 0 aromatic heterocycles. The maximum absolute atomic E-state index is 13.4. The highest BCUT2D eigenvalue weighted by molar-refractivity contribution is 9.10. The molecular formula is C15H13BrFNO3S. The summed E-state index contributed by atoms with van der Waals surface area (Å²) in [5.74, 6) is -0.499. The summed E-state index contributed by atoms with van der Waals surface area (Å²) in [6.45, 7) is 0.151. The Labute approximate surface area is 136 Å². The molecule has 0 spiro atoms. The van der Waals surface area contributed by atoms with Crippen molar-refractivity contribution in [3.63, 3.8) is 0 Å². The summed E-state index contributed by atoms with van der Waals surface area (Å²) in [5, 5.41) is 9.98. The summed E-state index contributed by atoms with van der Waals surface area (Å²) in [6, 6.07) is 10.1. The zero-order chi connectivity index (χ0) is 15.9. The summed E-state index contributed by atoms with van der Waals surface area (Å²) in [7, 11) is -3.75. The molecule has 4 nitrogen and oxygen atoms in total. The van der Waals surface area contributed by atoms with Gasteiger partial charge in [0.15, 0.2) is 0 Å². The van der Waals surface area contributed by atoms with Gasteiger partial charge in [-0.2, -0.15) is 0 Å². The highest BCUT2D eigenvalue weighted by Crippen LogP contribution is 2.37. The van der Waals surface area contributed by atoms with E-state index in [1.54, 1.807) is 12.1 Å². The van der Waals surface area contributed by atoms with Crippen molar-refractivity contribution in [2.24, 2.45) is 0 Å². The number of anilines is 1. The Hall–Kier alpha value is -1.44. The van der Waals surface area contributed by atoms with Crippen molar-refractivity contribution in [2.75, 3.05) is 10.8 Å². The van der Waals surface area contributed by atoms with Crippen LogP contribution < -0.4 is 4.31 Å². The van der Waals surface area contributed by atoms with E-state index in [4.69, 9.17) is 0 Å². The molecule has 0 aliphatic carbocycles. The van der Waals surface area contributed by atoms with Crippen LogP contribution in [-0.4, -0.2) is 20.1 Å². The van der Waals surface area contributed by atoms with Gasteiger partial charge < -0.3 is 5.11 Å². The number of hydrogen-bond donors (Lipinski definition) is 1. The van der Waals surface area contributed by atoms with Crippen molar-refractivity contribution >= 4 is 31.6 Å². The number of nitrogens with zero attached hydrogens (tertiary/aromatic N) is 1. The van der Waals surface area contributed by atoms with Crippen molar-refractivity contribution < 1.29 is 17.9 Å². The predicted molar refractivity (Wildman–Crippen MR) is 84.7 cm³/mol. The van der Waals surface area contributed by atoms with E-state index in [0.717, 1.165) is 4.47 Å². The third kappa shape index (κ3) is 2.64. The van der Waals surface area contributed by atoms with E-state index in [2.05, 4.69) is 15.9 Å². The van der Waals surface area contributed by atoms with Crippen LogP contribution >= 0.6 is 15.9 Å². The highest BCUT2D eigenvalue weighted by atomic mass is 79.9. The Bertz CT molecular complexity index is 808. The number of fused-ring (bicyclic) bond motifs is 1. The Kier molecular flexibility index (Phi) is 3.96. The second kappa shape index (κ2) is 5.64. The van der Waals surface area contributed by atoms with Gasteiger partial charge >= 0.3 is 0 Å². The van der Waals surface area contributed by atoms with Gasteiger partial charge in [0.25, 0.3) is 10.0 Å². The zero-order valence-electron chi connectivity index (χ0n) is 11.4. The molecule has 1 aliphatic heterocycles. The smallest absolute Gasteiger partial charge is 0.264 e. The largest absolute Gasteiger partial charge is 0.388 e. The number of aliphatic hydroxyl groups is 1. The van der Waals surface area contributed by atoms with Crippen LogP contribution in [0, 0.1) is 5.82 Å². The van der Waals surface area contributed by atoms with Gasteiger partial charge in [-0.05, 0) is 48.9 Å². The zero-order valence-corrected chi connectivity index (χ0v) is 13.8. The molecule has 1 heterocycles. The van der Waals surface area contributed by atoms with Crippen molar-refractivity contribution in [3.8, 4) is 0 Å². The van der Waals surface area contributed by atoms with Gasteiger partial charge in [-0.1, -0.05) is 15.9 Å². The van der Waals surface area contributed by atoms with Crippen LogP contribution in [-0.2, 0) is 10.0 Å². The van der Waals surface area contributed by atoms with Crippen molar-refractivity contribution in [1.82, 2.24) is 0 Å². The summed E-state index contributed by atoms with van der Waals surface area (Å²) in [5.41, 5.74) is 0.620. The van der Waals surface area contributed by atoms with Gasteiger partial charge in [0.1, 0.15) is 5.82 Å². The number of hydrogen-bond acceptors (Lipinski definition) is 3. The molecule has 2 aromatic carbocycles. The normalized spacial score (nSPS) is 18.1. The molecule has 2 aromatic rings. The lowest BCUT2D eigenvalue weighted by Crippen LogP contribution is -2.36. The molecule has 1 N–H and O–H groups in total. The predicted octanol–water partition coefficient (Wildman–Crippen LogP) is 3.22. The number of benzene rings is 2. The molecule has 116 valence electrons. The first-order valence-corrected chi connectivity index (χ1v) is 8.89. The first-order chi connectivity index (χ1) is 10.4. The van der Waals surface area contributed by atoms with E-state index in [-0.39, 0.29) is 17.9 Å². The lowest BCUT2D eigenvalue weighted by atomic mass is 10.0. The number of rotatable bonds is 2. The SMILES string of the molecule is O=S(=O)(c1ccc(Br)cc1)N1CCC(O)c2cc(F)ccc21. The third-order valence-electron chi connectivity index (χ3n) is 3.62. The standard InChI is InChI=1S/C15H13BrFNO3S/c16-10-1-4-12(5-2-10)22(20,21)18-8-7-15(19)13-9-11(17)3-6-14(13)18/h1-6,9,15,19H,7-8H2. The fraction of sp³-hybridized carbons (Fsp3) is 0.200. The van der Waals surface area contributed by atoms with E-state index < -0.39 is 21.9 Å². The fourth-order valence-corrected chi connectivity index (χ4v) is 4.29. The summed E-state index contributed by atoms with van der Waals surface area (Å²) < 4.78 is 41.0. The minimum Gasteiger partial charge on any atom is -0.388 e. The van der Waals surface area contributed by atoms with Gasteiger partial charge in [0.2, 0.25) is 0 Å². The average Bonchev–Trinajstić information content (AvgIpc) is 2.48. The molecule has 0 saturated heterocycles. The first kappa shape index (κ1) is 15.5. The second-order valence-electron chi connectivity index (χ2n) is 5.04. The van der Waals surface area contributed by atoms with E-state index in [9.17, 15) is 17.9 Å². The second-order valence-corrected chi connectivity index (χ2v) is 7.82. The molecule has 0 bridgehead atoms. The van der Waals surface area contributed by atoms with Crippen LogP contribution in [0.1, 0.15) is 18.1 Å². The Morgan fingerprint density at radius 2 is 1.86 bits per heavy atom. The summed E-state index contributed by atoms with van der Waals surface area (Å²) in [6.07, 6.45) is -0.631. The maximum Gasteiger partial charge on any atom is 0.264 e. The topological polar surface area (TPSA) is 57.6 Å². The van der Waals surface area contributed by atoms with E-state index in [1.165, 1.54) is 34.6 Å². The molecule has 0 fully saturated rings. The molecule has 1 atom stereocenters. The van der Waals surface area contributed by atoms with Crippen LogP contribution in [0.4, 0.5) is 10.1 Å². The number of halogens is 2. The quantitative estimate of drug-likeness (QED) is 0.863. The Balaban J connectivity index is 2.09. The first-order valence-electron chi connectivity index (χ1n) is 6.65. The molecule has 7 heteroatoms. The number of aliphatic hydroxyl groups excluding tert-OH is 1. The molecule has 0 radical (unpaired) electrons. The van der Waals surface area contributed by atoms with Crippen molar-refractivity contribution in [2.45, 2.75) is 17.4 Å². The molecule has 0 saturated carbocycles. The van der Waals surface area contributed by atoms with E-state index in [0.29, 0.717) is 11.3 Å². The molecule has 22 heavy (non-hydrogen) atoms. The fourth-order valence-electron chi connectivity index (χ4n) is 2.52. The van der Waals surface area contributed by atoms with Crippen molar-refractivity contribution in [1.29, 1.82) is 0 Å². The molecule has 0 amide bonds. The van der Waals surface area contributed by atoms with E-state index >= 15 is 0 Å². The third-order valence-corrected chi connectivity index (χ3v) is 5.98. The molecule has 1 unspecified atom stereocenters. The Morgan fingerprint density at radius 3 is 2.55 bits per heavy atom. The average molecular weight is 386 g/mol. The van der Waals surface area contributed by atoms with Crippen LogP contribution in [0.2, 0.25) is 0 Å². The van der Waals surface area contributed by atoms with Gasteiger partial charge in [0.05, 0.1) is 16.7 Å². The van der Waals surface area contributed by atoms with Crippen molar-refractivity contribution in [3.05, 3.63) is 58.3 Å². The molecule has 3 rings (SSSR count). The van der Waals surface area contributed by atoms with Gasteiger partial charge in [-0.15, -0.1) is 0 Å². The van der Waals surface area contributed by atoms with E-state index in [1.807, 2.05) is 0 Å².